The fourth-order valence-electron chi connectivity index (χ4n) is 1.60. The second-order valence-electron chi connectivity index (χ2n) is 3.76. The van der Waals surface area contributed by atoms with Crippen LogP contribution in [0.4, 0.5) is 5.13 Å². The predicted octanol–water partition coefficient (Wildman–Crippen LogP) is 0.221. The van der Waals surface area contributed by atoms with Gasteiger partial charge in [0.15, 0.2) is 0 Å². The molecule has 0 aromatic carbocycles. The van der Waals surface area contributed by atoms with Crippen molar-refractivity contribution in [1.82, 2.24) is 15.5 Å². The van der Waals surface area contributed by atoms with Gasteiger partial charge in [-0.3, -0.25) is 9.00 Å². The zero-order chi connectivity index (χ0) is 12.3. The van der Waals surface area contributed by atoms with Crippen LogP contribution in [0.15, 0.2) is 0 Å². The van der Waals surface area contributed by atoms with Crippen molar-refractivity contribution >= 4 is 33.2 Å². The molecule has 0 atom stereocenters. The maximum atomic E-state index is 11.8. The van der Waals surface area contributed by atoms with Crippen molar-refractivity contribution in [3.63, 3.8) is 0 Å². The van der Waals surface area contributed by atoms with Crippen molar-refractivity contribution < 1.29 is 9.00 Å². The molecular formula is C9H14N4O2S2. The van der Waals surface area contributed by atoms with Crippen LogP contribution in [-0.4, -0.2) is 44.9 Å². The first-order valence-corrected chi connectivity index (χ1v) is 7.66. The predicted molar refractivity (Wildman–Crippen MR) is 67.8 cm³/mol. The Morgan fingerprint density at radius 2 is 2.12 bits per heavy atom. The number of amides is 1. The Kier molecular flexibility index (Phi) is 4.06. The van der Waals surface area contributed by atoms with Gasteiger partial charge in [0.2, 0.25) is 10.1 Å². The van der Waals surface area contributed by atoms with Gasteiger partial charge < -0.3 is 10.6 Å². The third-order valence-electron chi connectivity index (χ3n) is 2.56. The monoisotopic (exact) mass is 274 g/mol. The summed E-state index contributed by atoms with van der Waals surface area (Å²) in [7, 11) is 1.03. The van der Waals surface area contributed by atoms with Gasteiger partial charge in [0.25, 0.3) is 5.91 Å². The molecule has 0 radical (unpaired) electrons. The van der Waals surface area contributed by atoms with E-state index >= 15 is 0 Å². The van der Waals surface area contributed by atoms with E-state index in [1.165, 1.54) is 11.3 Å². The molecule has 2 heterocycles. The summed E-state index contributed by atoms with van der Waals surface area (Å²) in [5.41, 5.74) is 0. The van der Waals surface area contributed by atoms with Crippen molar-refractivity contribution in [2.24, 2.45) is 0 Å². The maximum absolute atomic E-state index is 11.8. The summed E-state index contributed by atoms with van der Waals surface area (Å²) in [6, 6.07) is 0.113. The van der Waals surface area contributed by atoms with Crippen LogP contribution >= 0.6 is 11.3 Å². The van der Waals surface area contributed by atoms with E-state index < -0.39 is 10.8 Å². The first kappa shape index (κ1) is 12.4. The van der Waals surface area contributed by atoms with Crippen molar-refractivity contribution in [3.8, 4) is 0 Å². The molecule has 0 unspecified atom stereocenters. The number of hydrogen-bond acceptors (Lipinski definition) is 6. The van der Waals surface area contributed by atoms with Gasteiger partial charge in [0.1, 0.15) is 0 Å². The molecule has 8 heteroatoms. The van der Waals surface area contributed by atoms with E-state index in [0.717, 1.165) is 12.8 Å². The van der Waals surface area contributed by atoms with Gasteiger partial charge in [-0.25, -0.2) is 0 Å². The molecule has 0 aliphatic carbocycles. The average molecular weight is 274 g/mol. The van der Waals surface area contributed by atoms with E-state index in [-0.39, 0.29) is 11.9 Å². The maximum Gasteiger partial charge on any atom is 0.282 e. The normalized spacial score (nSPS) is 24.3. The standard InChI is InChI=1S/C9H14N4O2S2/c1-10-9-13-12-8(16-9)7(14)11-6-2-4-17(15)5-3-6/h6H,2-5H2,1H3,(H,10,13)(H,11,14). The Morgan fingerprint density at radius 3 is 2.71 bits per heavy atom. The quantitative estimate of drug-likeness (QED) is 0.824. The number of nitrogens with zero attached hydrogens (tertiary/aromatic N) is 2. The molecule has 1 fully saturated rings. The summed E-state index contributed by atoms with van der Waals surface area (Å²) >= 11 is 1.22. The van der Waals surface area contributed by atoms with Gasteiger partial charge in [-0.1, -0.05) is 11.3 Å². The number of rotatable bonds is 3. The summed E-state index contributed by atoms with van der Waals surface area (Å²) in [5, 5.41) is 14.3. The number of nitrogens with one attached hydrogen (secondary N) is 2. The highest BCUT2D eigenvalue weighted by Gasteiger charge is 2.21. The first-order chi connectivity index (χ1) is 8.19. The Bertz CT molecular complexity index is 424. The molecule has 0 spiro atoms. The lowest BCUT2D eigenvalue weighted by atomic mass is 10.1. The molecule has 1 saturated heterocycles. The van der Waals surface area contributed by atoms with Crippen LogP contribution in [-0.2, 0) is 10.8 Å². The van der Waals surface area contributed by atoms with Crippen LogP contribution in [0, 0.1) is 0 Å². The van der Waals surface area contributed by atoms with E-state index in [1.54, 1.807) is 7.05 Å². The molecule has 1 aliphatic heterocycles. The van der Waals surface area contributed by atoms with E-state index in [1.807, 2.05) is 0 Å². The largest absolute Gasteiger partial charge is 0.363 e. The Labute approximate surface area is 106 Å². The van der Waals surface area contributed by atoms with Crippen molar-refractivity contribution in [1.29, 1.82) is 0 Å². The molecule has 0 saturated carbocycles. The van der Waals surface area contributed by atoms with Gasteiger partial charge in [-0.2, -0.15) is 0 Å². The molecular weight excluding hydrogens is 260 g/mol. The lowest BCUT2D eigenvalue weighted by molar-refractivity contribution is 0.0933. The highest BCUT2D eigenvalue weighted by molar-refractivity contribution is 7.85. The summed E-state index contributed by atoms with van der Waals surface area (Å²) in [4.78, 5) is 11.8. The lowest BCUT2D eigenvalue weighted by Gasteiger charge is -2.21. The van der Waals surface area contributed by atoms with Crippen LogP contribution in [0.5, 0.6) is 0 Å². The van der Waals surface area contributed by atoms with Gasteiger partial charge in [-0.15, -0.1) is 10.2 Å². The molecule has 1 aliphatic rings. The van der Waals surface area contributed by atoms with Gasteiger partial charge in [0, 0.05) is 35.4 Å². The van der Waals surface area contributed by atoms with Crippen LogP contribution in [0.25, 0.3) is 0 Å². The number of hydrogen-bond donors (Lipinski definition) is 2. The van der Waals surface area contributed by atoms with Crippen molar-refractivity contribution in [2.75, 3.05) is 23.9 Å². The summed E-state index contributed by atoms with van der Waals surface area (Å²) in [6.07, 6.45) is 1.55. The second kappa shape index (κ2) is 5.54. The molecule has 2 rings (SSSR count). The number of aromatic nitrogens is 2. The molecule has 1 aromatic heterocycles. The molecule has 1 aromatic rings. The van der Waals surface area contributed by atoms with Gasteiger partial charge in [-0.05, 0) is 12.8 Å². The fraction of sp³-hybridized carbons (Fsp3) is 0.667. The highest BCUT2D eigenvalue weighted by Crippen LogP contribution is 2.15. The Balaban J connectivity index is 1.90. The molecule has 2 N–H and O–H groups in total. The van der Waals surface area contributed by atoms with Crippen LogP contribution in [0.2, 0.25) is 0 Å². The van der Waals surface area contributed by atoms with Crippen LogP contribution in [0.1, 0.15) is 22.6 Å². The van der Waals surface area contributed by atoms with E-state index in [2.05, 4.69) is 20.8 Å². The van der Waals surface area contributed by atoms with Gasteiger partial charge >= 0.3 is 0 Å². The zero-order valence-electron chi connectivity index (χ0n) is 9.43. The highest BCUT2D eigenvalue weighted by atomic mass is 32.2. The fourth-order valence-corrected chi connectivity index (χ4v) is 3.50. The summed E-state index contributed by atoms with van der Waals surface area (Å²) in [6.45, 7) is 0. The molecule has 17 heavy (non-hydrogen) atoms. The van der Waals surface area contributed by atoms with Crippen LogP contribution < -0.4 is 10.6 Å². The SMILES string of the molecule is CNc1nnc(C(=O)NC2CCS(=O)CC2)s1. The minimum absolute atomic E-state index is 0.113. The molecule has 0 bridgehead atoms. The lowest BCUT2D eigenvalue weighted by Crippen LogP contribution is -2.39. The second-order valence-corrected chi connectivity index (χ2v) is 6.43. The van der Waals surface area contributed by atoms with E-state index in [4.69, 9.17) is 0 Å². The Morgan fingerprint density at radius 1 is 1.41 bits per heavy atom. The zero-order valence-corrected chi connectivity index (χ0v) is 11.1. The third kappa shape index (κ3) is 3.22. The number of anilines is 1. The minimum atomic E-state index is -0.704. The summed E-state index contributed by atoms with van der Waals surface area (Å²) in [5.74, 6) is 1.15. The van der Waals surface area contributed by atoms with E-state index in [0.29, 0.717) is 21.6 Å². The first-order valence-electron chi connectivity index (χ1n) is 5.36. The van der Waals surface area contributed by atoms with Crippen molar-refractivity contribution in [2.45, 2.75) is 18.9 Å². The van der Waals surface area contributed by atoms with Crippen LogP contribution in [0.3, 0.4) is 0 Å². The molecule has 1 amide bonds. The molecule has 6 nitrogen and oxygen atoms in total. The number of carbonyl (C=O) groups excluding carboxylic acids is 1. The average Bonchev–Trinajstić information content (AvgIpc) is 2.81. The minimum Gasteiger partial charge on any atom is -0.363 e. The summed E-state index contributed by atoms with van der Waals surface area (Å²) < 4.78 is 11.2. The van der Waals surface area contributed by atoms with Crippen molar-refractivity contribution in [3.05, 3.63) is 5.01 Å². The third-order valence-corrected chi connectivity index (χ3v) is 4.88. The number of carbonyl (C=O) groups is 1. The molecule has 94 valence electrons. The van der Waals surface area contributed by atoms with E-state index in [9.17, 15) is 9.00 Å². The Hall–Kier alpha value is -1.02. The smallest absolute Gasteiger partial charge is 0.282 e. The topological polar surface area (TPSA) is 84.0 Å². The van der Waals surface area contributed by atoms with Gasteiger partial charge in [0.05, 0.1) is 0 Å².